The molecule has 0 aliphatic carbocycles. The fraction of sp³-hybridized carbons (Fsp3) is 0.348. The summed E-state index contributed by atoms with van der Waals surface area (Å²) in [6, 6.07) is 15.7. The van der Waals surface area contributed by atoms with E-state index >= 15 is 0 Å². The first-order chi connectivity index (χ1) is 14.7. The number of hydrogen-bond acceptors (Lipinski definition) is 4. The van der Waals surface area contributed by atoms with Gasteiger partial charge < -0.3 is 14.6 Å². The SMILES string of the molecule is CC(C)c1ccc(NC(=O)c2ccc3ccc(N4CCN(S(C)(=O)=O)CC4)n3c2)cc1. The smallest absolute Gasteiger partial charge is 0.257 e. The van der Waals surface area contributed by atoms with E-state index in [4.69, 9.17) is 0 Å². The molecule has 0 radical (unpaired) electrons. The van der Waals surface area contributed by atoms with E-state index in [9.17, 15) is 13.2 Å². The second kappa shape index (κ2) is 8.36. The van der Waals surface area contributed by atoms with Crippen molar-refractivity contribution in [2.75, 3.05) is 42.7 Å². The molecule has 3 heterocycles. The van der Waals surface area contributed by atoms with Gasteiger partial charge in [0.25, 0.3) is 5.91 Å². The Hall–Kier alpha value is -2.84. The zero-order chi connectivity index (χ0) is 22.2. The van der Waals surface area contributed by atoms with Crippen molar-refractivity contribution in [3.63, 3.8) is 0 Å². The number of hydrogen-bond donors (Lipinski definition) is 1. The molecular weight excluding hydrogens is 412 g/mol. The molecule has 1 N–H and O–H groups in total. The van der Waals surface area contributed by atoms with E-state index in [1.807, 2.05) is 59.1 Å². The van der Waals surface area contributed by atoms with Gasteiger partial charge in [0.05, 0.1) is 11.8 Å². The van der Waals surface area contributed by atoms with Crippen LogP contribution >= 0.6 is 0 Å². The number of piperazine rings is 1. The standard InChI is InChI=1S/C23H28N4O3S/c1-17(2)18-4-7-20(8-5-18)24-23(28)19-6-9-21-10-11-22(27(21)16-19)25-12-14-26(15-13-25)31(3,29)30/h4-11,16-17H,12-15H2,1-3H3,(H,24,28). The van der Waals surface area contributed by atoms with Gasteiger partial charge in [-0.1, -0.05) is 26.0 Å². The summed E-state index contributed by atoms with van der Waals surface area (Å²) < 4.78 is 27.0. The number of pyridine rings is 1. The van der Waals surface area contributed by atoms with Gasteiger partial charge in [-0.2, -0.15) is 4.31 Å². The predicted octanol–water partition coefficient (Wildman–Crippen LogP) is 3.40. The summed E-state index contributed by atoms with van der Waals surface area (Å²) in [5, 5.41) is 2.96. The van der Waals surface area contributed by atoms with E-state index < -0.39 is 10.0 Å². The normalized spacial score (nSPS) is 15.5. The van der Waals surface area contributed by atoms with E-state index in [1.165, 1.54) is 16.1 Å². The molecule has 3 aromatic rings. The van der Waals surface area contributed by atoms with E-state index in [-0.39, 0.29) is 5.91 Å². The number of benzene rings is 1. The maximum atomic E-state index is 12.8. The molecular formula is C23H28N4O3S. The minimum Gasteiger partial charge on any atom is -0.355 e. The van der Waals surface area contributed by atoms with Crippen LogP contribution in [0.5, 0.6) is 0 Å². The Morgan fingerprint density at radius 2 is 1.58 bits per heavy atom. The Bertz CT molecular complexity index is 1190. The Morgan fingerprint density at radius 1 is 0.935 bits per heavy atom. The van der Waals surface area contributed by atoms with Crippen molar-refractivity contribution in [1.82, 2.24) is 8.71 Å². The van der Waals surface area contributed by atoms with Crippen LogP contribution in [0, 0.1) is 0 Å². The first-order valence-electron chi connectivity index (χ1n) is 10.4. The first-order valence-corrected chi connectivity index (χ1v) is 12.3. The van der Waals surface area contributed by atoms with Crippen LogP contribution in [0.1, 0.15) is 35.7 Å². The Labute approximate surface area is 183 Å². The summed E-state index contributed by atoms with van der Waals surface area (Å²) in [4.78, 5) is 15.0. The molecule has 1 aliphatic rings. The van der Waals surface area contributed by atoms with Gasteiger partial charge in [0.2, 0.25) is 10.0 Å². The zero-order valence-electron chi connectivity index (χ0n) is 18.1. The summed E-state index contributed by atoms with van der Waals surface area (Å²) in [6.45, 7) is 6.41. The number of carbonyl (C=O) groups excluding carboxylic acids is 1. The molecule has 8 heteroatoms. The van der Waals surface area contributed by atoms with Gasteiger partial charge in [-0.15, -0.1) is 0 Å². The molecule has 2 aromatic heterocycles. The minimum absolute atomic E-state index is 0.166. The molecule has 1 saturated heterocycles. The summed E-state index contributed by atoms with van der Waals surface area (Å²) in [5.41, 5.74) is 3.54. The molecule has 31 heavy (non-hydrogen) atoms. The molecule has 0 unspecified atom stereocenters. The number of sulfonamides is 1. The molecule has 1 fully saturated rings. The number of anilines is 2. The third-order valence-electron chi connectivity index (χ3n) is 5.76. The van der Waals surface area contributed by atoms with Gasteiger partial charge in [0.15, 0.2) is 0 Å². The van der Waals surface area contributed by atoms with E-state index in [2.05, 4.69) is 24.1 Å². The van der Waals surface area contributed by atoms with Crippen molar-refractivity contribution in [2.24, 2.45) is 0 Å². The molecule has 0 saturated carbocycles. The summed E-state index contributed by atoms with van der Waals surface area (Å²) in [7, 11) is -3.17. The third kappa shape index (κ3) is 4.60. The maximum Gasteiger partial charge on any atom is 0.257 e. The Kier molecular flexibility index (Phi) is 5.77. The first kappa shape index (κ1) is 21.4. The van der Waals surface area contributed by atoms with Crippen molar-refractivity contribution >= 4 is 33.0 Å². The molecule has 4 rings (SSSR count). The molecule has 1 aromatic carbocycles. The quantitative estimate of drug-likeness (QED) is 0.660. The number of rotatable bonds is 5. The van der Waals surface area contributed by atoms with Crippen LogP contribution in [0.3, 0.4) is 0 Å². The van der Waals surface area contributed by atoms with Gasteiger partial charge in [-0.3, -0.25) is 4.79 Å². The van der Waals surface area contributed by atoms with Crippen molar-refractivity contribution in [2.45, 2.75) is 19.8 Å². The molecule has 1 amide bonds. The summed E-state index contributed by atoms with van der Waals surface area (Å²) >= 11 is 0. The van der Waals surface area contributed by atoms with Gasteiger partial charge in [0, 0.05) is 43.6 Å². The highest BCUT2D eigenvalue weighted by Crippen LogP contribution is 2.23. The average Bonchev–Trinajstić information content (AvgIpc) is 3.17. The lowest BCUT2D eigenvalue weighted by molar-refractivity contribution is 0.102. The molecule has 0 atom stereocenters. The van der Waals surface area contributed by atoms with Gasteiger partial charge in [-0.05, 0) is 47.9 Å². The topological polar surface area (TPSA) is 74.1 Å². The number of nitrogens with one attached hydrogen (secondary N) is 1. The molecule has 7 nitrogen and oxygen atoms in total. The lowest BCUT2D eigenvalue weighted by atomic mass is 10.0. The van der Waals surface area contributed by atoms with Crippen molar-refractivity contribution in [1.29, 1.82) is 0 Å². The fourth-order valence-corrected chi connectivity index (χ4v) is 4.71. The van der Waals surface area contributed by atoms with Crippen molar-refractivity contribution in [3.05, 3.63) is 65.9 Å². The number of carbonyl (C=O) groups is 1. The summed E-state index contributed by atoms with van der Waals surface area (Å²) in [5.74, 6) is 1.23. The minimum atomic E-state index is -3.17. The third-order valence-corrected chi connectivity index (χ3v) is 7.06. The van der Waals surface area contributed by atoms with Crippen LogP contribution < -0.4 is 10.2 Å². The van der Waals surface area contributed by atoms with E-state index in [0.29, 0.717) is 37.7 Å². The highest BCUT2D eigenvalue weighted by molar-refractivity contribution is 7.88. The molecule has 0 spiro atoms. The number of fused-ring (bicyclic) bond motifs is 1. The van der Waals surface area contributed by atoms with E-state index in [1.54, 1.807) is 0 Å². The van der Waals surface area contributed by atoms with Crippen LogP contribution in [-0.4, -0.2) is 55.5 Å². The van der Waals surface area contributed by atoms with Crippen LogP contribution in [0.15, 0.2) is 54.7 Å². The maximum absolute atomic E-state index is 12.8. The van der Waals surface area contributed by atoms with E-state index in [0.717, 1.165) is 17.0 Å². The molecule has 164 valence electrons. The van der Waals surface area contributed by atoms with Gasteiger partial charge in [0.1, 0.15) is 5.82 Å². The highest BCUT2D eigenvalue weighted by Gasteiger charge is 2.24. The van der Waals surface area contributed by atoms with Crippen molar-refractivity contribution < 1.29 is 13.2 Å². The van der Waals surface area contributed by atoms with Gasteiger partial charge >= 0.3 is 0 Å². The van der Waals surface area contributed by atoms with Crippen LogP contribution in [0.2, 0.25) is 0 Å². The monoisotopic (exact) mass is 440 g/mol. The van der Waals surface area contributed by atoms with Gasteiger partial charge in [-0.25, -0.2) is 8.42 Å². The largest absolute Gasteiger partial charge is 0.355 e. The molecule has 0 bridgehead atoms. The van der Waals surface area contributed by atoms with Crippen LogP contribution in [0.4, 0.5) is 11.5 Å². The lowest BCUT2D eigenvalue weighted by Crippen LogP contribution is -2.48. The van der Waals surface area contributed by atoms with Crippen molar-refractivity contribution in [3.8, 4) is 0 Å². The zero-order valence-corrected chi connectivity index (χ0v) is 18.9. The van der Waals surface area contributed by atoms with Crippen LogP contribution in [0.25, 0.3) is 5.52 Å². The second-order valence-electron chi connectivity index (χ2n) is 8.28. The number of amides is 1. The average molecular weight is 441 g/mol. The second-order valence-corrected chi connectivity index (χ2v) is 10.3. The number of aromatic nitrogens is 1. The lowest BCUT2D eigenvalue weighted by Gasteiger charge is -2.34. The molecule has 1 aliphatic heterocycles. The van der Waals surface area contributed by atoms with Crippen LogP contribution in [-0.2, 0) is 10.0 Å². The predicted molar refractivity (Wildman–Crippen MR) is 125 cm³/mol. The summed E-state index contributed by atoms with van der Waals surface area (Å²) in [6.07, 6.45) is 3.09. The Balaban J connectivity index is 1.52. The Morgan fingerprint density at radius 3 is 2.19 bits per heavy atom. The highest BCUT2D eigenvalue weighted by atomic mass is 32.2. The fourth-order valence-electron chi connectivity index (χ4n) is 3.88. The number of nitrogens with zero attached hydrogens (tertiary/aromatic N) is 3.